The molecule has 0 radical (unpaired) electrons. The highest BCUT2D eigenvalue weighted by atomic mass is 32.2. The molecule has 2 N–H and O–H groups in total. The lowest BCUT2D eigenvalue weighted by Crippen LogP contribution is -2.28. The fraction of sp³-hybridized carbons (Fsp3) is 0.455. The first-order chi connectivity index (χ1) is 8.83. The quantitative estimate of drug-likeness (QED) is 0.868. The molecule has 0 aliphatic carbocycles. The second kappa shape index (κ2) is 4.78. The van der Waals surface area contributed by atoms with Gasteiger partial charge < -0.3 is 0 Å². The Hall–Kier alpha value is -1.67. The first-order valence-corrected chi connectivity index (χ1v) is 7.33. The van der Waals surface area contributed by atoms with Crippen LogP contribution in [-0.2, 0) is 17.1 Å². The highest BCUT2D eigenvalue weighted by molar-refractivity contribution is 7.89. The maximum Gasteiger partial charge on any atom is 0.244 e. The molecule has 2 rings (SSSR count). The van der Waals surface area contributed by atoms with E-state index in [2.05, 4.69) is 20.0 Å². The summed E-state index contributed by atoms with van der Waals surface area (Å²) < 4.78 is 29.0. The molecular formula is C11H17N5O2S. The minimum atomic E-state index is -3.61. The van der Waals surface area contributed by atoms with E-state index in [0.29, 0.717) is 17.1 Å². The first-order valence-electron chi connectivity index (χ1n) is 5.84. The van der Waals surface area contributed by atoms with Crippen LogP contribution in [0.3, 0.4) is 0 Å². The summed E-state index contributed by atoms with van der Waals surface area (Å²) in [6, 6.07) is 1.35. The molecule has 0 spiro atoms. The van der Waals surface area contributed by atoms with Gasteiger partial charge in [-0.2, -0.15) is 10.2 Å². The van der Waals surface area contributed by atoms with Crippen LogP contribution >= 0.6 is 0 Å². The Kier molecular flexibility index (Phi) is 3.46. The summed E-state index contributed by atoms with van der Waals surface area (Å²) in [4.78, 5) is 0.237. The molecule has 2 heterocycles. The third-order valence-electron chi connectivity index (χ3n) is 3.03. The molecule has 0 saturated heterocycles. The van der Waals surface area contributed by atoms with Crippen molar-refractivity contribution < 1.29 is 8.42 Å². The van der Waals surface area contributed by atoms with Gasteiger partial charge in [0.05, 0.1) is 23.1 Å². The van der Waals surface area contributed by atoms with Crippen LogP contribution in [-0.4, -0.2) is 28.4 Å². The zero-order chi connectivity index (χ0) is 14.2. The van der Waals surface area contributed by atoms with Gasteiger partial charge in [0.25, 0.3) is 0 Å². The maximum atomic E-state index is 12.4. The molecular weight excluding hydrogens is 266 g/mol. The van der Waals surface area contributed by atoms with E-state index in [4.69, 9.17) is 0 Å². The Morgan fingerprint density at radius 1 is 1.42 bits per heavy atom. The maximum absolute atomic E-state index is 12.4. The van der Waals surface area contributed by atoms with E-state index in [1.165, 1.54) is 0 Å². The molecule has 0 unspecified atom stereocenters. The standard InChI is InChI=1S/C11H17N5O2S/c1-7(10-5-6-12-13-10)15-19(17,18)11-8(2)14-16(4)9(11)3/h5-7,15H,1-4H3,(H,12,13)/t7-/m1/s1. The summed E-state index contributed by atoms with van der Waals surface area (Å²) in [6.07, 6.45) is 1.58. The van der Waals surface area contributed by atoms with Crippen LogP contribution in [0.25, 0.3) is 0 Å². The second-order valence-corrected chi connectivity index (χ2v) is 6.13. The molecule has 0 aromatic carbocycles. The number of aromatic nitrogens is 4. The Labute approximate surface area is 112 Å². The van der Waals surface area contributed by atoms with Crippen LogP contribution in [0.1, 0.15) is 30.0 Å². The predicted octanol–water partition coefficient (Wildman–Crippen LogP) is 0.800. The number of nitrogens with one attached hydrogen (secondary N) is 2. The molecule has 1 atom stereocenters. The van der Waals surface area contributed by atoms with Gasteiger partial charge in [0, 0.05) is 13.2 Å². The van der Waals surface area contributed by atoms with Gasteiger partial charge in [-0.05, 0) is 26.8 Å². The number of sulfonamides is 1. The van der Waals surface area contributed by atoms with E-state index >= 15 is 0 Å². The summed E-state index contributed by atoms with van der Waals surface area (Å²) >= 11 is 0. The van der Waals surface area contributed by atoms with Crippen molar-refractivity contribution in [1.29, 1.82) is 0 Å². The third-order valence-corrected chi connectivity index (χ3v) is 4.82. The minimum absolute atomic E-state index is 0.237. The van der Waals surface area contributed by atoms with E-state index in [1.807, 2.05) is 0 Å². The number of hydrogen-bond acceptors (Lipinski definition) is 4. The Balaban J connectivity index is 2.33. The van der Waals surface area contributed by atoms with Crippen LogP contribution in [0.5, 0.6) is 0 Å². The van der Waals surface area contributed by atoms with Crippen LogP contribution in [0.15, 0.2) is 17.2 Å². The molecule has 0 bridgehead atoms. The van der Waals surface area contributed by atoms with Crippen molar-refractivity contribution in [3.8, 4) is 0 Å². The largest absolute Gasteiger partial charge is 0.281 e. The highest BCUT2D eigenvalue weighted by Gasteiger charge is 2.26. The fourth-order valence-electron chi connectivity index (χ4n) is 2.01. The van der Waals surface area contributed by atoms with Gasteiger partial charge in [0.15, 0.2) is 0 Å². The van der Waals surface area contributed by atoms with Gasteiger partial charge in [-0.1, -0.05) is 0 Å². The Morgan fingerprint density at radius 2 is 2.11 bits per heavy atom. The number of aryl methyl sites for hydroxylation is 2. The van der Waals surface area contributed by atoms with E-state index in [9.17, 15) is 8.42 Å². The lowest BCUT2D eigenvalue weighted by atomic mass is 10.3. The average molecular weight is 283 g/mol. The van der Waals surface area contributed by atoms with Gasteiger partial charge in [-0.3, -0.25) is 9.78 Å². The molecule has 104 valence electrons. The van der Waals surface area contributed by atoms with Gasteiger partial charge in [-0.15, -0.1) is 0 Å². The number of rotatable bonds is 4. The average Bonchev–Trinajstić information content (AvgIpc) is 2.87. The lowest BCUT2D eigenvalue weighted by Gasteiger charge is -2.12. The van der Waals surface area contributed by atoms with Gasteiger partial charge in [0.2, 0.25) is 10.0 Å². The number of aromatic amines is 1. The third kappa shape index (κ3) is 2.54. The molecule has 0 saturated carbocycles. The molecule has 0 amide bonds. The van der Waals surface area contributed by atoms with Crippen molar-refractivity contribution in [2.75, 3.05) is 0 Å². The van der Waals surface area contributed by atoms with Crippen molar-refractivity contribution >= 4 is 10.0 Å². The number of hydrogen-bond donors (Lipinski definition) is 2. The normalized spacial score (nSPS) is 13.7. The van der Waals surface area contributed by atoms with Crippen molar-refractivity contribution in [1.82, 2.24) is 24.7 Å². The zero-order valence-corrected chi connectivity index (χ0v) is 12.1. The molecule has 0 fully saturated rings. The summed E-state index contributed by atoms with van der Waals surface area (Å²) in [6.45, 7) is 5.17. The number of nitrogens with zero attached hydrogens (tertiary/aromatic N) is 3. The lowest BCUT2D eigenvalue weighted by molar-refractivity contribution is 0.562. The van der Waals surface area contributed by atoms with Crippen LogP contribution < -0.4 is 4.72 Å². The monoisotopic (exact) mass is 283 g/mol. The van der Waals surface area contributed by atoms with Crippen molar-refractivity contribution in [3.63, 3.8) is 0 Å². The van der Waals surface area contributed by atoms with Crippen LogP contribution in [0, 0.1) is 13.8 Å². The molecule has 0 aliphatic rings. The summed E-state index contributed by atoms with van der Waals surface area (Å²) in [5.41, 5.74) is 1.81. The Morgan fingerprint density at radius 3 is 2.58 bits per heavy atom. The summed E-state index contributed by atoms with van der Waals surface area (Å²) in [7, 11) is -1.89. The van der Waals surface area contributed by atoms with Gasteiger partial charge in [0.1, 0.15) is 4.90 Å². The number of H-pyrrole nitrogens is 1. The summed E-state index contributed by atoms with van der Waals surface area (Å²) in [5.74, 6) is 0. The van der Waals surface area contributed by atoms with Crippen molar-refractivity contribution in [2.24, 2.45) is 7.05 Å². The van der Waals surface area contributed by atoms with Crippen molar-refractivity contribution in [3.05, 3.63) is 29.3 Å². The summed E-state index contributed by atoms with van der Waals surface area (Å²) in [5, 5.41) is 10.7. The predicted molar refractivity (Wildman–Crippen MR) is 70.0 cm³/mol. The van der Waals surface area contributed by atoms with Gasteiger partial charge >= 0.3 is 0 Å². The fourth-order valence-corrected chi connectivity index (χ4v) is 3.67. The molecule has 2 aromatic heterocycles. The minimum Gasteiger partial charge on any atom is -0.281 e. The highest BCUT2D eigenvalue weighted by Crippen LogP contribution is 2.21. The van der Waals surface area contributed by atoms with Gasteiger partial charge in [-0.25, -0.2) is 13.1 Å². The van der Waals surface area contributed by atoms with E-state index < -0.39 is 10.0 Å². The molecule has 7 nitrogen and oxygen atoms in total. The topological polar surface area (TPSA) is 92.7 Å². The molecule has 8 heteroatoms. The first kappa shape index (κ1) is 13.8. The van der Waals surface area contributed by atoms with E-state index in [-0.39, 0.29) is 10.9 Å². The second-order valence-electron chi connectivity index (χ2n) is 4.48. The molecule has 2 aromatic rings. The van der Waals surface area contributed by atoms with Crippen LogP contribution in [0.2, 0.25) is 0 Å². The van der Waals surface area contributed by atoms with Crippen LogP contribution in [0.4, 0.5) is 0 Å². The smallest absolute Gasteiger partial charge is 0.244 e. The zero-order valence-electron chi connectivity index (χ0n) is 11.3. The van der Waals surface area contributed by atoms with E-state index in [0.717, 1.165) is 0 Å². The molecule has 0 aliphatic heterocycles. The molecule has 19 heavy (non-hydrogen) atoms. The van der Waals surface area contributed by atoms with Crippen molar-refractivity contribution in [2.45, 2.75) is 31.7 Å². The van der Waals surface area contributed by atoms with E-state index in [1.54, 1.807) is 44.8 Å². The SMILES string of the molecule is Cc1nn(C)c(C)c1S(=O)(=O)N[C@H](C)c1ccn[nH]1. The Bertz CT molecular complexity index is 672.